The number of hydrogen-bond acceptors (Lipinski definition) is 4. The fourth-order valence-electron chi connectivity index (χ4n) is 1.34. The lowest BCUT2D eigenvalue weighted by atomic mass is 10.2. The van der Waals surface area contributed by atoms with Gasteiger partial charge in [-0.2, -0.15) is 0 Å². The number of carbonyl (C=O) groups excluding carboxylic acids is 1. The summed E-state index contributed by atoms with van der Waals surface area (Å²) >= 11 is 3.47. The van der Waals surface area contributed by atoms with Crippen LogP contribution in [-0.2, 0) is 9.53 Å². The van der Waals surface area contributed by atoms with Crippen LogP contribution in [0.25, 0.3) is 0 Å². The molecule has 0 aromatic heterocycles. The molecule has 15 heavy (non-hydrogen) atoms. The standard InChI is InChI=1S/C11H18O2S2/c1-4-13-11(12)10-9(8(2)3)14-6-5-7-15-10/h8H,4-7H2,1-3H3. The number of hydrogen-bond donors (Lipinski definition) is 0. The zero-order valence-electron chi connectivity index (χ0n) is 9.54. The summed E-state index contributed by atoms with van der Waals surface area (Å²) in [5.74, 6) is 2.42. The molecule has 0 saturated heterocycles. The quantitative estimate of drug-likeness (QED) is 0.714. The molecule has 86 valence electrons. The van der Waals surface area contributed by atoms with Crippen molar-refractivity contribution in [2.45, 2.75) is 27.2 Å². The van der Waals surface area contributed by atoms with Crippen LogP contribution in [0.15, 0.2) is 9.81 Å². The Morgan fingerprint density at radius 1 is 1.40 bits per heavy atom. The van der Waals surface area contributed by atoms with Crippen LogP contribution < -0.4 is 0 Å². The number of thioether (sulfide) groups is 2. The SMILES string of the molecule is CCOC(=O)C1=C(C(C)C)SCCCS1. The van der Waals surface area contributed by atoms with E-state index < -0.39 is 0 Å². The number of ether oxygens (including phenoxy) is 1. The molecule has 0 atom stereocenters. The first kappa shape index (κ1) is 13.0. The van der Waals surface area contributed by atoms with Gasteiger partial charge in [-0.1, -0.05) is 13.8 Å². The summed E-state index contributed by atoms with van der Waals surface area (Å²) in [5, 5.41) is 0. The lowest BCUT2D eigenvalue weighted by Crippen LogP contribution is -2.09. The van der Waals surface area contributed by atoms with E-state index in [2.05, 4.69) is 13.8 Å². The van der Waals surface area contributed by atoms with Gasteiger partial charge < -0.3 is 4.74 Å². The summed E-state index contributed by atoms with van der Waals surface area (Å²) in [4.78, 5) is 13.8. The maximum atomic E-state index is 11.8. The molecule has 1 aliphatic heterocycles. The van der Waals surface area contributed by atoms with Crippen molar-refractivity contribution in [1.29, 1.82) is 0 Å². The van der Waals surface area contributed by atoms with Crippen LogP contribution in [0.4, 0.5) is 0 Å². The van der Waals surface area contributed by atoms with Crippen molar-refractivity contribution in [3.05, 3.63) is 9.81 Å². The highest BCUT2D eigenvalue weighted by atomic mass is 32.2. The molecule has 4 heteroatoms. The van der Waals surface area contributed by atoms with E-state index in [1.807, 2.05) is 18.7 Å². The van der Waals surface area contributed by atoms with Crippen molar-refractivity contribution in [2.24, 2.45) is 5.92 Å². The molecule has 0 aromatic carbocycles. The van der Waals surface area contributed by atoms with Crippen molar-refractivity contribution in [2.75, 3.05) is 18.1 Å². The van der Waals surface area contributed by atoms with Crippen LogP contribution in [0.1, 0.15) is 27.2 Å². The van der Waals surface area contributed by atoms with Crippen molar-refractivity contribution < 1.29 is 9.53 Å². The molecule has 0 bridgehead atoms. The fraction of sp³-hybridized carbons (Fsp3) is 0.727. The first-order valence-corrected chi connectivity index (χ1v) is 7.30. The van der Waals surface area contributed by atoms with Gasteiger partial charge in [0, 0.05) is 4.91 Å². The summed E-state index contributed by atoms with van der Waals surface area (Å²) in [7, 11) is 0. The average molecular weight is 246 g/mol. The molecule has 1 heterocycles. The first-order chi connectivity index (χ1) is 7.16. The van der Waals surface area contributed by atoms with Crippen LogP contribution in [0, 0.1) is 5.92 Å². The van der Waals surface area contributed by atoms with Gasteiger partial charge in [0.1, 0.15) is 4.91 Å². The van der Waals surface area contributed by atoms with Crippen LogP contribution in [0.3, 0.4) is 0 Å². The number of esters is 1. The van der Waals surface area contributed by atoms with E-state index in [1.54, 1.807) is 11.8 Å². The van der Waals surface area contributed by atoms with Crippen LogP contribution in [-0.4, -0.2) is 24.1 Å². The first-order valence-electron chi connectivity index (χ1n) is 5.33. The van der Waals surface area contributed by atoms with E-state index in [9.17, 15) is 4.79 Å². The fourth-order valence-corrected chi connectivity index (χ4v) is 3.98. The van der Waals surface area contributed by atoms with Gasteiger partial charge in [0.25, 0.3) is 0 Å². The molecule has 0 amide bonds. The third kappa shape index (κ3) is 3.76. The molecule has 1 rings (SSSR count). The number of allylic oxidation sites excluding steroid dienone is 1. The molecular formula is C11H18O2S2. The maximum absolute atomic E-state index is 11.8. The highest BCUT2D eigenvalue weighted by Crippen LogP contribution is 2.37. The van der Waals surface area contributed by atoms with Crippen molar-refractivity contribution in [3.63, 3.8) is 0 Å². The molecule has 2 nitrogen and oxygen atoms in total. The second-order valence-electron chi connectivity index (χ2n) is 3.62. The van der Waals surface area contributed by atoms with E-state index in [4.69, 9.17) is 4.74 Å². The summed E-state index contributed by atoms with van der Waals surface area (Å²) in [6.07, 6.45) is 1.16. The molecular weight excluding hydrogens is 228 g/mol. The van der Waals surface area contributed by atoms with Crippen molar-refractivity contribution in [3.8, 4) is 0 Å². The zero-order chi connectivity index (χ0) is 11.3. The van der Waals surface area contributed by atoms with Gasteiger partial charge in [-0.25, -0.2) is 4.79 Å². The zero-order valence-corrected chi connectivity index (χ0v) is 11.2. The topological polar surface area (TPSA) is 26.3 Å². The van der Waals surface area contributed by atoms with Gasteiger partial charge in [0.05, 0.1) is 6.61 Å². The predicted molar refractivity (Wildman–Crippen MR) is 68.0 cm³/mol. The molecule has 0 fully saturated rings. The van der Waals surface area contributed by atoms with Gasteiger partial charge in [0.15, 0.2) is 0 Å². The summed E-state index contributed by atoms with van der Waals surface area (Å²) < 4.78 is 5.09. The summed E-state index contributed by atoms with van der Waals surface area (Å²) in [5.41, 5.74) is 0. The highest BCUT2D eigenvalue weighted by Gasteiger charge is 2.21. The van der Waals surface area contributed by atoms with Crippen LogP contribution in [0.2, 0.25) is 0 Å². The molecule has 1 aliphatic rings. The Bertz CT molecular complexity index is 259. The highest BCUT2D eigenvalue weighted by molar-refractivity contribution is 8.07. The van der Waals surface area contributed by atoms with Gasteiger partial charge in [0.2, 0.25) is 0 Å². The van der Waals surface area contributed by atoms with E-state index in [0.29, 0.717) is 12.5 Å². The predicted octanol–water partition coefficient (Wildman–Crippen LogP) is 3.29. The number of carbonyl (C=O) groups is 1. The smallest absolute Gasteiger partial charge is 0.345 e. The molecule has 0 saturated carbocycles. The minimum atomic E-state index is -0.138. The van der Waals surface area contributed by atoms with Crippen LogP contribution >= 0.6 is 23.5 Å². The van der Waals surface area contributed by atoms with Gasteiger partial charge in [-0.15, -0.1) is 23.5 Å². The summed E-state index contributed by atoms with van der Waals surface area (Å²) in [6, 6.07) is 0. The second-order valence-corrected chi connectivity index (χ2v) is 5.86. The molecule has 0 unspecified atom stereocenters. The van der Waals surface area contributed by atoms with Crippen molar-refractivity contribution in [1.82, 2.24) is 0 Å². The second kappa shape index (κ2) is 6.48. The monoisotopic (exact) mass is 246 g/mol. The molecule has 0 radical (unpaired) electrons. The summed E-state index contributed by atoms with van der Waals surface area (Å²) in [6.45, 7) is 6.57. The minimum absolute atomic E-state index is 0.138. The van der Waals surface area contributed by atoms with E-state index in [0.717, 1.165) is 22.8 Å². The average Bonchev–Trinajstić information content (AvgIpc) is 2.42. The largest absolute Gasteiger partial charge is 0.462 e. The lowest BCUT2D eigenvalue weighted by molar-refractivity contribution is -0.137. The van der Waals surface area contributed by atoms with Gasteiger partial charge in [-0.3, -0.25) is 0 Å². The Morgan fingerprint density at radius 2 is 2.07 bits per heavy atom. The third-order valence-corrected chi connectivity index (χ3v) is 4.78. The Morgan fingerprint density at radius 3 is 2.67 bits per heavy atom. The van der Waals surface area contributed by atoms with Crippen LogP contribution in [0.5, 0.6) is 0 Å². The third-order valence-electron chi connectivity index (χ3n) is 2.00. The van der Waals surface area contributed by atoms with Gasteiger partial charge >= 0.3 is 5.97 Å². The van der Waals surface area contributed by atoms with E-state index in [-0.39, 0.29) is 5.97 Å². The lowest BCUT2D eigenvalue weighted by Gasteiger charge is -2.13. The molecule has 0 N–H and O–H groups in total. The molecule has 0 spiro atoms. The van der Waals surface area contributed by atoms with Gasteiger partial charge in [-0.05, 0) is 30.8 Å². The van der Waals surface area contributed by atoms with E-state index in [1.165, 1.54) is 4.91 Å². The molecule has 0 aromatic rings. The maximum Gasteiger partial charge on any atom is 0.345 e. The minimum Gasteiger partial charge on any atom is -0.462 e. The Balaban J connectivity index is 2.87. The Hall–Kier alpha value is -0.0900. The Labute approximate surface area is 100 Å². The van der Waals surface area contributed by atoms with Crippen molar-refractivity contribution >= 4 is 29.5 Å². The molecule has 0 aliphatic carbocycles. The van der Waals surface area contributed by atoms with E-state index >= 15 is 0 Å². The number of rotatable bonds is 3. The Kier molecular flexibility index (Phi) is 5.61. The normalized spacial score (nSPS) is 17.9.